The van der Waals surface area contributed by atoms with Crippen LogP contribution in [0.4, 0.5) is 11.4 Å². The third-order valence-corrected chi connectivity index (χ3v) is 5.36. The number of carbonyl (C=O) groups excluding carboxylic acids is 1. The summed E-state index contributed by atoms with van der Waals surface area (Å²) in [6, 6.07) is 22.3. The number of nitrogens with zero attached hydrogens (tertiary/aromatic N) is 1. The van der Waals surface area contributed by atoms with Crippen LogP contribution in [0.1, 0.15) is 0 Å². The zero-order chi connectivity index (χ0) is 19.3. The van der Waals surface area contributed by atoms with Gasteiger partial charge in [0, 0.05) is 22.8 Å². The highest BCUT2D eigenvalue weighted by Gasteiger charge is 2.22. The lowest BCUT2D eigenvalue weighted by atomic mass is 10.1. The van der Waals surface area contributed by atoms with Crippen molar-refractivity contribution in [3.63, 3.8) is 0 Å². The maximum Gasteiger partial charge on any atom is 0.279 e. The third-order valence-electron chi connectivity index (χ3n) is 5.36. The molecule has 1 heterocycles. The minimum absolute atomic E-state index is 0.0705. The number of methoxy groups -OCH3 is 1. The van der Waals surface area contributed by atoms with E-state index in [1.54, 1.807) is 7.11 Å². The van der Waals surface area contributed by atoms with E-state index in [2.05, 4.69) is 34.5 Å². The predicted molar refractivity (Wildman–Crippen MR) is 113 cm³/mol. The smallest absolute Gasteiger partial charge is 0.279 e. The summed E-state index contributed by atoms with van der Waals surface area (Å²) in [5.74, 6) is 0.947. The lowest BCUT2D eigenvalue weighted by Crippen LogP contribution is -3.15. The Balaban J connectivity index is 1.33. The van der Waals surface area contributed by atoms with Crippen LogP contribution in [-0.4, -0.2) is 45.7 Å². The molecule has 0 unspecified atom stereocenters. The van der Waals surface area contributed by atoms with E-state index in [9.17, 15) is 4.79 Å². The van der Waals surface area contributed by atoms with Crippen molar-refractivity contribution in [3.8, 4) is 5.75 Å². The van der Waals surface area contributed by atoms with Gasteiger partial charge < -0.3 is 19.9 Å². The second-order valence-corrected chi connectivity index (χ2v) is 7.19. The van der Waals surface area contributed by atoms with Gasteiger partial charge in [0.05, 0.1) is 33.3 Å². The molecule has 1 amide bonds. The average molecular weight is 376 g/mol. The van der Waals surface area contributed by atoms with Gasteiger partial charge in [-0.25, -0.2) is 0 Å². The fourth-order valence-corrected chi connectivity index (χ4v) is 3.82. The van der Waals surface area contributed by atoms with Gasteiger partial charge in [0.25, 0.3) is 5.91 Å². The van der Waals surface area contributed by atoms with Gasteiger partial charge in [-0.05, 0) is 23.6 Å². The molecule has 4 rings (SSSR count). The largest absolute Gasteiger partial charge is 0.497 e. The first kappa shape index (κ1) is 18.3. The number of fused-ring (bicyclic) bond motifs is 1. The number of quaternary nitrogens is 1. The number of benzene rings is 3. The molecule has 1 aliphatic heterocycles. The lowest BCUT2D eigenvalue weighted by Gasteiger charge is -2.33. The normalized spacial score (nSPS) is 14.8. The molecule has 0 aliphatic carbocycles. The van der Waals surface area contributed by atoms with Gasteiger partial charge in [-0.3, -0.25) is 4.79 Å². The number of hydrogen-bond donors (Lipinski definition) is 2. The van der Waals surface area contributed by atoms with Crippen molar-refractivity contribution >= 4 is 28.1 Å². The summed E-state index contributed by atoms with van der Waals surface area (Å²) >= 11 is 0. The number of hydrogen-bond acceptors (Lipinski definition) is 3. The minimum atomic E-state index is 0.0705. The van der Waals surface area contributed by atoms with Gasteiger partial charge in [0.1, 0.15) is 5.75 Å². The highest BCUT2D eigenvalue weighted by Crippen LogP contribution is 2.23. The average Bonchev–Trinajstić information content (AvgIpc) is 2.74. The van der Waals surface area contributed by atoms with Gasteiger partial charge in [-0.1, -0.05) is 42.5 Å². The summed E-state index contributed by atoms with van der Waals surface area (Å²) in [6.07, 6.45) is 0. The van der Waals surface area contributed by atoms with Gasteiger partial charge in [0.15, 0.2) is 6.54 Å². The Morgan fingerprint density at radius 3 is 2.61 bits per heavy atom. The van der Waals surface area contributed by atoms with Crippen LogP contribution in [-0.2, 0) is 4.79 Å². The van der Waals surface area contributed by atoms with Gasteiger partial charge >= 0.3 is 0 Å². The van der Waals surface area contributed by atoms with Crippen molar-refractivity contribution in [1.82, 2.24) is 0 Å². The first-order chi connectivity index (χ1) is 13.7. The molecule has 0 spiro atoms. The molecule has 0 aromatic heterocycles. The van der Waals surface area contributed by atoms with E-state index in [0.29, 0.717) is 6.54 Å². The van der Waals surface area contributed by atoms with Gasteiger partial charge in [-0.15, -0.1) is 0 Å². The minimum Gasteiger partial charge on any atom is -0.497 e. The van der Waals surface area contributed by atoms with E-state index in [4.69, 9.17) is 4.74 Å². The van der Waals surface area contributed by atoms with Crippen molar-refractivity contribution in [3.05, 3.63) is 66.7 Å². The molecule has 1 saturated heterocycles. The summed E-state index contributed by atoms with van der Waals surface area (Å²) < 4.78 is 5.32. The highest BCUT2D eigenvalue weighted by atomic mass is 16.5. The number of carbonyl (C=O) groups is 1. The summed E-state index contributed by atoms with van der Waals surface area (Å²) in [4.78, 5) is 16.3. The molecule has 1 aliphatic rings. The number of nitrogens with one attached hydrogen (secondary N) is 2. The van der Waals surface area contributed by atoms with Crippen LogP contribution >= 0.6 is 0 Å². The fourth-order valence-electron chi connectivity index (χ4n) is 3.82. The van der Waals surface area contributed by atoms with Crippen molar-refractivity contribution < 1.29 is 14.4 Å². The first-order valence-corrected chi connectivity index (χ1v) is 9.73. The molecule has 28 heavy (non-hydrogen) atoms. The van der Waals surface area contributed by atoms with Crippen molar-refractivity contribution in [2.24, 2.45) is 0 Å². The molecule has 1 fully saturated rings. The van der Waals surface area contributed by atoms with Crippen molar-refractivity contribution in [1.29, 1.82) is 0 Å². The standard InChI is InChI=1S/C23H25N3O2/c1-28-20-9-5-8-19(16-20)26-14-12-25(13-15-26)17-23(27)24-22-11-4-7-18-6-2-3-10-21(18)22/h2-11,16H,12-15,17H2,1H3,(H,24,27)/p+1. The summed E-state index contributed by atoms with van der Waals surface area (Å²) in [6.45, 7) is 4.25. The molecular weight excluding hydrogens is 350 g/mol. The van der Waals surface area contributed by atoms with Crippen LogP contribution in [0, 0.1) is 0 Å². The van der Waals surface area contributed by atoms with E-state index in [0.717, 1.165) is 48.4 Å². The van der Waals surface area contributed by atoms with E-state index in [1.807, 2.05) is 42.5 Å². The number of ether oxygens (including phenoxy) is 1. The van der Waals surface area contributed by atoms with Crippen LogP contribution in [0.3, 0.4) is 0 Å². The SMILES string of the molecule is COc1cccc(N2CC[NH+](CC(=O)Nc3cccc4ccccc34)CC2)c1. The first-order valence-electron chi connectivity index (χ1n) is 9.73. The topological polar surface area (TPSA) is 46.0 Å². The Kier molecular flexibility index (Phi) is 5.44. The van der Waals surface area contributed by atoms with Crippen LogP contribution in [0.25, 0.3) is 10.8 Å². The molecule has 0 atom stereocenters. The van der Waals surface area contributed by atoms with Crippen molar-refractivity contribution in [2.45, 2.75) is 0 Å². The monoisotopic (exact) mass is 376 g/mol. The Morgan fingerprint density at radius 1 is 1.04 bits per heavy atom. The molecule has 5 nitrogen and oxygen atoms in total. The third kappa shape index (κ3) is 4.10. The molecule has 0 saturated carbocycles. The highest BCUT2D eigenvalue weighted by molar-refractivity contribution is 6.02. The summed E-state index contributed by atoms with van der Waals surface area (Å²) in [5.41, 5.74) is 2.07. The Hall–Kier alpha value is -3.05. The van der Waals surface area contributed by atoms with Crippen LogP contribution in [0.2, 0.25) is 0 Å². The van der Waals surface area contributed by atoms with Crippen LogP contribution < -0.4 is 19.9 Å². The number of anilines is 2. The van der Waals surface area contributed by atoms with Gasteiger partial charge in [0.2, 0.25) is 0 Å². The maximum atomic E-state index is 12.6. The summed E-state index contributed by atoms with van der Waals surface area (Å²) in [7, 11) is 1.69. The molecule has 2 N–H and O–H groups in total. The quantitative estimate of drug-likeness (QED) is 0.718. The van der Waals surface area contributed by atoms with Gasteiger partial charge in [-0.2, -0.15) is 0 Å². The Labute approximate surface area is 165 Å². The molecule has 144 valence electrons. The zero-order valence-electron chi connectivity index (χ0n) is 16.2. The molecular formula is C23H26N3O2+. The second-order valence-electron chi connectivity index (χ2n) is 7.19. The molecule has 0 radical (unpaired) electrons. The molecule has 3 aromatic carbocycles. The Morgan fingerprint density at radius 2 is 1.79 bits per heavy atom. The summed E-state index contributed by atoms with van der Waals surface area (Å²) in [5, 5.41) is 5.32. The number of rotatable bonds is 5. The molecule has 0 bridgehead atoms. The van der Waals surface area contributed by atoms with Crippen molar-refractivity contribution in [2.75, 3.05) is 50.1 Å². The number of amides is 1. The zero-order valence-corrected chi connectivity index (χ0v) is 16.2. The van der Waals surface area contributed by atoms with E-state index in [-0.39, 0.29) is 5.91 Å². The van der Waals surface area contributed by atoms with Crippen LogP contribution in [0.5, 0.6) is 5.75 Å². The van der Waals surface area contributed by atoms with E-state index < -0.39 is 0 Å². The molecule has 3 aromatic rings. The maximum absolute atomic E-state index is 12.6. The predicted octanol–water partition coefficient (Wildman–Crippen LogP) is 2.19. The van der Waals surface area contributed by atoms with E-state index in [1.165, 1.54) is 10.6 Å². The molecule has 5 heteroatoms. The van der Waals surface area contributed by atoms with Crippen LogP contribution in [0.15, 0.2) is 66.7 Å². The second kappa shape index (κ2) is 8.31. The number of piperazine rings is 1. The fraction of sp³-hybridized carbons (Fsp3) is 0.261. The Bertz CT molecular complexity index is 959. The van der Waals surface area contributed by atoms with E-state index >= 15 is 0 Å². The lowest BCUT2D eigenvalue weighted by molar-refractivity contribution is -0.892.